The first-order valence-corrected chi connectivity index (χ1v) is 8.52. The summed E-state index contributed by atoms with van der Waals surface area (Å²) >= 11 is 3.18. The summed E-state index contributed by atoms with van der Waals surface area (Å²) in [7, 11) is -3.37. The summed E-state index contributed by atoms with van der Waals surface area (Å²) in [5.74, 6) is -0.176. The number of sulfone groups is 1. The fourth-order valence-corrected chi connectivity index (χ4v) is 3.97. The molecule has 0 saturated carbocycles. The standard InChI is InChI=1S/C12H15BrN2O3S/c1-19(17,18)11-6-8(2-3-10(11)13)12(16)15-5-4-9(14)7-15/h2-3,6,9H,4-5,7,14H2,1H3/t9-/m1/s1. The van der Waals surface area contributed by atoms with Crippen molar-refractivity contribution >= 4 is 31.7 Å². The van der Waals surface area contributed by atoms with E-state index in [1.54, 1.807) is 17.0 Å². The zero-order valence-corrected chi connectivity index (χ0v) is 12.9. The van der Waals surface area contributed by atoms with Crippen LogP contribution in [-0.4, -0.2) is 44.6 Å². The first kappa shape index (κ1) is 14.5. The summed E-state index contributed by atoms with van der Waals surface area (Å²) in [5, 5.41) is 0. The maximum absolute atomic E-state index is 12.2. The molecule has 104 valence electrons. The number of amides is 1. The van der Waals surface area contributed by atoms with E-state index in [-0.39, 0.29) is 16.8 Å². The summed E-state index contributed by atoms with van der Waals surface area (Å²) in [6.45, 7) is 1.13. The highest BCUT2D eigenvalue weighted by Crippen LogP contribution is 2.24. The lowest BCUT2D eigenvalue weighted by atomic mass is 10.2. The van der Waals surface area contributed by atoms with Crippen LogP contribution < -0.4 is 5.73 Å². The Balaban J connectivity index is 2.34. The summed E-state index contributed by atoms with van der Waals surface area (Å²) in [4.78, 5) is 14.0. The molecule has 7 heteroatoms. The molecule has 1 aromatic carbocycles. The lowest BCUT2D eigenvalue weighted by molar-refractivity contribution is 0.0790. The molecule has 0 aromatic heterocycles. The molecule has 1 aliphatic rings. The minimum Gasteiger partial charge on any atom is -0.337 e. The van der Waals surface area contributed by atoms with Gasteiger partial charge < -0.3 is 10.6 Å². The average molecular weight is 347 g/mol. The van der Waals surface area contributed by atoms with Gasteiger partial charge in [0.25, 0.3) is 5.91 Å². The number of rotatable bonds is 2. The van der Waals surface area contributed by atoms with Crippen molar-refractivity contribution in [2.24, 2.45) is 5.73 Å². The van der Waals surface area contributed by atoms with Gasteiger partial charge in [-0.2, -0.15) is 0 Å². The summed E-state index contributed by atoms with van der Waals surface area (Å²) in [6, 6.07) is 4.62. The molecule has 0 spiro atoms. The van der Waals surface area contributed by atoms with Gasteiger partial charge in [0.15, 0.2) is 9.84 Å². The molecule has 0 radical (unpaired) electrons. The molecule has 19 heavy (non-hydrogen) atoms. The molecule has 1 amide bonds. The number of nitrogens with two attached hydrogens (primary N) is 1. The van der Waals surface area contributed by atoms with E-state index in [1.165, 1.54) is 6.07 Å². The van der Waals surface area contributed by atoms with Crippen LogP contribution in [0.2, 0.25) is 0 Å². The van der Waals surface area contributed by atoms with Crippen molar-refractivity contribution in [1.29, 1.82) is 0 Å². The van der Waals surface area contributed by atoms with Gasteiger partial charge in [0.05, 0.1) is 4.90 Å². The number of halogens is 1. The van der Waals surface area contributed by atoms with Gasteiger partial charge in [-0.05, 0) is 40.5 Å². The second kappa shape index (κ2) is 5.22. The van der Waals surface area contributed by atoms with Crippen LogP contribution in [0.1, 0.15) is 16.8 Å². The third-order valence-electron chi connectivity index (χ3n) is 3.09. The highest BCUT2D eigenvalue weighted by Gasteiger charge is 2.25. The number of carbonyl (C=O) groups is 1. The van der Waals surface area contributed by atoms with Crippen LogP contribution >= 0.6 is 15.9 Å². The van der Waals surface area contributed by atoms with Gasteiger partial charge in [-0.3, -0.25) is 4.79 Å². The lowest BCUT2D eigenvalue weighted by Crippen LogP contribution is -2.31. The van der Waals surface area contributed by atoms with Crippen molar-refractivity contribution in [3.05, 3.63) is 28.2 Å². The van der Waals surface area contributed by atoms with E-state index in [0.29, 0.717) is 23.1 Å². The molecule has 1 fully saturated rings. The zero-order valence-electron chi connectivity index (χ0n) is 10.5. The first-order valence-electron chi connectivity index (χ1n) is 5.83. The topological polar surface area (TPSA) is 80.5 Å². The largest absolute Gasteiger partial charge is 0.337 e. The number of nitrogens with zero attached hydrogens (tertiary/aromatic N) is 1. The number of likely N-dealkylation sites (tertiary alicyclic amines) is 1. The summed E-state index contributed by atoms with van der Waals surface area (Å²) in [6.07, 6.45) is 1.90. The van der Waals surface area contributed by atoms with E-state index in [4.69, 9.17) is 5.73 Å². The second-order valence-corrected chi connectivity index (χ2v) is 7.56. The average Bonchev–Trinajstić information content (AvgIpc) is 2.74. The van der Waals surface area contributed by atoms with Gasteiger partial charge >= 0.3 is 0 Å². The normalized spacial score (nSPS) is 19.7. The third-order valence-corrected chi connectivity index (χ3v) is 5.18. The van der Waals surface area contributed by atoms with Gasteiger partial charge in [-0.1, -0.05) is 0 Å². The van der Waals surface area contributed by atoms with E-state index >= 15 is 0 Å². The minimum absolute atomic E-state index is 0.00813. The molecular formula is C12H15BrN2O3S. The molecular weight excluding hydrogens is 332 g/mol. The van der Waals surface area contributed by atoms with Crippen LogP contribution in [0.5, 0.6) is 0 Å². The first-order chi connectivity index (χ1) is 8.79. The molecule has 2 N–H and O–H groups in total. The van der Waals surface area contributed by atoms with Crippen molar-refractivity contribution in [2.45, 2.75) is 17.4 Å². The molecule has 1 atom stereocenters. The monoisotopic (exact) mass is 346 g/mol. The highest BCUT2D eigenvalue weighted by atomic mass is 79.9. The number of hydrogen-bond donors (Lipinski definition) is 1. The van der Waals surface area contributed by atoms with Gasteiger partial charge in [0.2, 0.25) is 0 Å². The molecule has 1 saturated heterocycles. The maximum atomic E-state index is 12.2. The van der Waals surface area contributed by atoms with Crippen molar-refractivity contribution in [1.82, 2.24) is 4.90 Å². The van der Waals surface area contributed by atoms with Crippen LogP contribution in [0.3, 0.4) is 0 Å². The van der Waals surface area contributed by atoms with Crippen molar-refractivity contribution in [3.8, 4) is 0 Å². The molecule has 1 aliphatic heterocycles. The van der Waals surface area contributed by atoms with E-state index in [9.17, 15) is 13.2 Å². The highest BCUT2D eigenvalue weighted by molar-refractivity contribution is 9.10. The predicted octanol–water partition coefficient (Wildman–Crippen LogP) is 1.03. The Hall–Kier alpha value is -0.920. The van der Waals surface area contributed by atoms with Gasteiger partial charge in [-0.15, -0.1) is 0 Å². The van der Waals surface area contributed by atoms with E-state index in [0.717, 1.165) is 12.7 Å². The van der Waals surface area contributed by atoms with Crippen LogP contribution in [-0.2, 0) is 9.84 Å². The Morgan fingerprint density at radius 2 is 2.16 bits per heavy atom. The maximum Gasteiger partial charge on any atom is 0.253 e. The summed E-state index contributed by atoms with van der Waals surface area (Å²) in [5.41, 5.74) is 6.14. The molecule has 0 bridgehead atoms. The van der Waals surface area contributed by atoms with E-state index in [2.05, 4.69) is 15.9 Å². The van der Waals surface area contributed by atoms with Gasteiger partial charge in [0, 0.05) is 35.4 Å². The smallest absolute Gasteiger partial charge is 0.253 e. The molecule has 0 unspecified atom stereocenters. The number of benzene rings is 1. The summed E-state index contributed by atoms with van der Waals surface area (Å²) < 4.78 is 23.7. The second-order valence-electron chi connectivity index (χ2n) is 4.72. The fourth-order valence-electron chi connectivity index (χ4n) is 2.07. The number of hydrogen-bond acceptors (Lipinski definition) is 4. The van der Waals surface area contributed by atoms with Crippen LogP contribution in [0, 0.1) is 0 Å². The quantitative estimate of drug-likeness (QED) is 0.866. The van der Waals surface area contributed by atoms with Crippen LogP contribution in [0.25, 0.3) is 0 Å². The Morgan fingerprint density at radius 1 is 1.47 bits per heavy atom. The molecule has 2 rings (SSSR count). The van der Waals surface area contributed by atoms with Crippen LogP contribution in [0.4, 0.5) is 0 Å². The predicted molar refractivity (Wildman–Crippen MR) is 75.7 cm³/mol. The zero-order chi connectivity index (χ0) is 14.2. The minimum atomic E-state index is -3.37. The SMILES string of the molecule is CS(=O)(=O)c1cc(C(=O)N2CC[C@@H](N)C2)ccc1Br. The Kier molecular flexibility index (Phi) is 3.98. The molecule has 1 heterocycles. The number of carbonyl (C=O) groups excluding carboxylic acids is 1. The molecule has 1 aromatic rings. The Bertz CT molecular complexity index is 615. The van der Waals surface area contributed by atoms with E-state index in [1.807, 2.05) is 0 Å². The van der Waals surface area contributed by atoms with Crippen molar-refractivity contribution in [2.75, 3.05) is 19.3 Å². The molecule has 5 nitrogen and oxygen atoms in total. The van der Waals surface area contributed by atoms with Gasteiger partial charge in [0.1, 0.15) is 0 Å². The Labute approximate surface area is 120 Å². The van der Waals surface area contributed by atoms with Crippen molar-refractivity contribution < 1.29 is 13.2 Å². The van der Waals surface area contributed by atoms with Gasteiger partial charge in [-0.25, -0.2) is 8.42 Å². The Morgan fingerprint density at radius 3 is 2.68 bits per heavy atom. The lowest BCUT2D eigenvalue weighted by Gasteiger charge is -2.16. The fraction of sp³-hybridized carbons (Fsp3) is 0.417. The molecule has 0 aliphatic carbocycles. The van der Waals surface area contributed by atoms with E-state index < -0.39 is 9.84 Å². The van der Waals surface area contributed by atoms with Crippen molar-refractivity contribution in [3.63, 3.8) is 0 Å². The van der Waals surface area contributed by atoms with Crippen LogP contribution in [0.15, 0.2) is 27.6 Å². The third kappa shape index (κ3) is 3.16.